The van der Waals surface area contributed by atoms with Crippen molar-refractivity contribution in [2.24, 2.45) is 0 Å². The summed E-state index contributed by atoms with van der Waals surface area (Å²) < 4.78 is 0. The second-order valence-electron chi connectivity index (χ2n) is 5.15. The fraction of sp³-hybridized carbons (Fsp3) is 0.353. The van der Waals surface area contributed by atoms with E-state index in [1.807, 2.05) is 11.4 Å². The zero-order valence-electron chi connectivity index (χ0n) is 11.2. The van der Waals surface area contributed by atoms with E-state index in [1.54, 1.807) is 11.3 Å². The smallest absolute Gasteiger partial charge is 0.203 e. The van der Waals surface area contributed by atoms with E-state index >= 15 is 0 Å². The maximum Gasteiger partial charge on any atom is 0.203 e. The molecule has 0 aliphatic heterocycles. The largest absolute Gasteiger partial charge is 0.288 e. The van der Waals surface area contributed by atoms with Crippen molar-refractivity contribution >= 4 is 17.1 Å². The number of rotatable bonds is 3. The van der Waals surface area contributed by atoms with Crippen molar-refractivity contribution in [3.8, 4) is 0 Å². The molecule has 0 atom stereocenters. The lowest BCUT2D eigenvalue weighted by atomic mass is 9.89. The van der Waals surface area contributed by atoms with Gasteiger partial charge in [-0.1, -0.05) is 19.1 Å². The van der Waals surface area contributed by atoms with E-state index in [0.29, 0.717) is 0 Å². The van der Waals surface area contributed by atoms with Crippen LogP contribution in [-0.4, -0.2) is 5.78 Å². The summed E-state index contributed by atoms with van der Waals surface area (Å²) in [5.74, 6) is 0.195. The topological polar surface area (TPSA) is 17.1 Å². The Bertz CT molecular complexity index is 609. The summed E-state index contributed by atoms with van der Waals surface area (Å²) in [4.78, 5) is 13.5. The number of benzene rings is 1. The molecule has 0 unspecified atom stereocenters. The Morgan fingerprint density at radius 1 is 1.16 bits per heavy atom. The molecule has 1 heterocycles. The number of hydrogen-bond acceptors (Lipinski definition) is 2. The molecular formula is C17H18OS. The number of hydrogen-bond donors (Lipinski definition) is 0. The third kappa shape index (κ3) is 2.37. The normalized spacial score (nSPS) is 14.2. The zero-order valence-corrected chi connectivity index (χ0v) is 12.1. The third-order valence-corrected chi connectivity index (χ3v) is 4.90. The van der Waals surface area contributed by atoms with Gasteiger partial charge in [-0.25, -0.2) is 0 Å². The summed E-state index contributed by atoms with van der Waals surface area (Å²) in [6.07, 6.45) is 5.76. The number of fused-ring (bicyclic) bond motifs is 1. The Morgan fingerprint density at radius 3 is 2.74 bits per heavy atom. The highest BCUT2D eigenvalue weighted by molar-refractivity contribution is 7.12. The van der Waals surface area contributed by atoms with Crippen LogP contribution in [0, 0.1) is 0 Å². The van der Waals surface area contributed by atoms with Gasteiger partial charge in [0.2, 0.25) is 5.78 Å². The number of aryl methyl sites for hydroxylation is 3. The number of carbonyl (C=O) groups is 1. The van der Waals surface area contributed by atoms with Gasteiger partial charge in [-0.05, 0) is 66.3 Å². The average molecular weight is 270 g/mol. The molecule has 1 aliphatic rings. The predicted molar refractivity (Wildman–Crippen MR) is 80.2 cm³/mol. The molecule has 2 heteroatoms. The second kappa shape index (κ2) is 5.30. The molecule has 1 aliphatic carbocycles. The molecule has 0 bridgehead atoms. The standard InChI is InChI=1S/C17H18OS/c1-2-12-9-10-19-17(12)16(18)15-8-7-13-5-3-4-6-14(13)11-15/h7-11H,2-6H2,1H3. The highest BCUT2D eigenvalue weighted by Crippen LogP contribution is 2.26. The van der Waals surface area contributed by atoms with Crippen molar-refractivity contribution in [1.29, 1.82) is 0 Å². The molecule has 0 N–H and O–H groups in total. The first-order valence-corrected chi connectivity index (χ1v) is 7.90. The summed E-state index contributed by atoms with van der Waals surface area (Å²) >= 11 is 1.56. The van der Waals surface area contributed by atoms with Crippen LogP contribution in [0.25, 0.3) is 0 Å². The molecule has 0 spiro atoms. The van der Waals surface area contributed by atoms with Crippen LogP contribution >= 0.6 is 11.3 Å². The predicted octanol–water partition coefficient (Wildman–Crippen LogP) is 4.42. The van der Waals surface area contributed by atoms with E-state index in [4.69, 9.17) is 0 Å². The lowest BCUT2D eigenvalue weighted by molar-refractivity contribution is 0.104. The first kappa shape index (κ1) is 12.6. The Labute approximate surface area is 118 Å². The minimum absolute atomic E-state index is 0.195. The van der Waals surface area contributed by atoms with Crippen molar-refractivity contribution in [2.75, 3.05) is 0 Å². The Morgan fingerprint density at radius 2 is 1.95 bits per heavy atom. The van der Waals surface area contributed by atoms with Crippen molar-refractivity contribution in [2.45, 2.75) is 39.0 Å². The van der Waals surface area contributed by atoms with Gasteiger partial charge < -0.3 is 0 Å². The molecule has 3 rings (SSSR count). The Balaban J connectivity index is 1.96. The lowest BCUT2D eigenvalue weighted by Gasteiger charge is -2.16. The van der Waals surface area contributed by atoms with E-state index in [0.717, 1.165) is 23.3 Å². The maximum atomic E-state index is 12.6. The minimum atomic E-state index is 0.195. The molecule has 2 aromatic rings. The molecule has 1 aromatic heterocycles. The minimum Gasteiger partial charge on any atom is -0.288 e. The second-order valence-corrected chi connectivity index (χ2v) is 6.06. The molecule has 1 aromatic carbocycles. The molecule has 19 heavy (non-hydrogen) atoms. The van der Waals surface area contributed by atoms with Crippen LogP contribution in [0.3, 0.4) is 0 Å². The van der Waals surface area contributed by atoms with Crippen LogP contribution < -0.4 is 0 Å². The molecular weight excluding hydrogens is 252 g/mol. The van der Waals surface area contributed by atoms with Gasteiger partial charge in [0.15, 0.2) is 0 Å². The fourth-order valence-corrected chi connectivity index (χ4v) is 3.78. The van der Waals surface area contributed by atoms with Crippen LogP contribution in [-0.2, 0) is 19.3 Å². The molecule has 0 saturated heterocycles. The SMILES string of the molecule is CCc1ccsc1C(=O)c1ccc2c(c1)CCCC2. The molecule has 1 nitrogen and oxygen atoms in total. The van der Waals surface area contributed by atoms with Crippen LogP contribution in [0.15, 0.2) is 29.6 Å². The van der Waals surface area contributed by atoms with E-state index in [2.05, 4.69) is 25.1 Å². The number of carbonyl (C=O) groups excluding carboxylic acids is 1. The van der Waals surface area contributed by atoms with Crippen molar-refractivity contribution in [1.82, 2.24) is 0 Å². The van der Waals surface area contributed by atoms with Gasteiger partial charge in [-0.15, -0.1) is 11.3 Å². The molecule has 0 amide bonds. The molecule has 0 radical (unpaired) electrons. The molecule has 0 saturated carbocycles. The summed E-state index contributed by atoms with van der Waals surface area (Å²) in [5, 5.41) is 2.02. The quantitative estimate of drug-likeness (QED) is 0.754. The maximum absolute atomic E-state index is 12.6. The van der Waals surface area contributed by atoms with Gasteiger partial charge in [-0.3, -0.25) is 4.79 Å². The van der Waals surface area contributed by atoms with Gasteiger partial charge in [0.05, 0.1) is 4.88 Å². The average Bonchev–Trinajstić information content (AvgIpc) is 2.94. The highest BCUT2D eigenvalue weighted by Gasteiger charge is 2.17. The van der Waals surface area contributed by atoms with Crippen LogP contribution in [0.4, 0.5) is 0 Å². The van der Waals surface area contributed by atoms with E-state index in [-0.39, 0.29) is 5.78 Å². The van der Waals surface area contributed by atoms with Crippen LogP contribution in [0.1, 0.15) is 51.7 Å². The molecule has 0 fully saturated rings. The Kier molecular flexibility index (Phi) is 3.52. The van der Waals surface area contributed by atoms with E-state index in [1.165, 1.54) is 36.0 Å². The van der Waals surface area contributed by atoms with Gasteiger partial charge >= 0.3 is 0 Å². The van der Waals surface area contributed by atoms with Crippen LogP contribution in [0.2, 0.25) is 0 Å². The Hall–Kier alpha value is -1.41. The van der Waals surface area contributed by atoms with Gasteiger partial charge in [0.1, 0.15) is 0 Å². The van der Waals surface area contributed by atoms with Gasteiger partial charge in [-0.2, -0.15) is 0 Å². The zero-order chi connectivity index (χ0) is 13.2. The summed E-state index contributed by atoms with van der Waals surface area (Å²) in [7, 11) is 0. The number of ketones is 1. The highest BCUT2D eigenvalue weighted by atomic mass is 32.1. The first-order valence-electron chi connectivity index (χ1n) is 7.02. The first-order chi connectivity index (χ1) is 9.29. The van der Waals surface area contributed by atoms with Gasteiger partial charge in [0.25, 0.3) is 0 Å². The fourth-order valence-electron chi connectivity index (χ4n) is 2.82. The summed E-state index contributed by atoms with van der Waals surface area (Å²) in [6.45, 7) is 2.10. The third-order valence-electron chi connectivity index (χ3n) is 3.94. The summed E-state index contributed by atoms with van der Waals surface area (Å²) in [6, 6.07) is 8.35. The van der Waals surface area contributed by atoms with Crippen molar-refractivity contribution in [3.05, 3.63) is 56.8 Å². The lowest BCUT2D eigenvalue weighted by Crippen LogP contribution is -2.07. The molecule has 98 valence electrons. The monoisotopic (exact) mass is 270 g/mol. The van der Waals surface area contributed by atoms with Gasteiger partial charge in [0, 0.05) is 5.56 Å². The van der Waals surface area contributed by atoms with E-state index < -0.39 is 0 Å². The number of thiophene rings is 1. The summed E-state index contributed by atoms with van der Waals surface area (Å²) in [5.41, 5.74) is 4.85. The van der Waals surface area contributed by atoms with Crippen molar-refractivity contribution in [3.63, 3.8) is 0 Å². The van der Waals surface area contributed by atoms with Crippen LogP contribution in [0.5, 0.6) is 0 Å². The van der Waals surface area contributed by atoms with E-state index in [9.17, 15) is 4.79 Å². The van der Waals surface area contributed by atoms with Crippen molar-refractivity contribution < 1.29 is 4.79 Å².